The second-order valence-electron chi connectivity index (χ2n) is 8.86. The molecular weight excluding hydrogens is 412 g/mol. The van der Waals surface area contributed by atoms with Gasteiger partial charge in [0.2, 0.25) is 5.95 Å². The van der Waals surface area contributed by atoms with E-state index in [9.17, 15) is 0 Å². The standard InChI is InChI=1S/C23H33ClN6O/c1-15(14-31-2)28-17-5-7-18(8-6-17)29-23-27-13-20(24)22(30-23)21-11-19(9-10-25-21)26-12-16-3-4-16/h9-11,13,15-18,28H,3-8,12,14H2,1-2H3,(H,25,26)(H,27,29,30)/t15-,17?,18?/m0/s1. The van der Waals surface area contributed by atoms with Crippen molar-refractivity contribution < 1.29 is 4.74 Å². The molecule has 0 amide bonds. The summed E-state index contributed by atoms with van der Waals surface area (Å²) in [5, 5.41) is 11.2. The molecule has 4 rings (SSSR count). The fraction of sp³-hybridized carbons (Fsp3) is 0.609. The molecule has 2 aliphatic carbocycles. The summed E-state index contributed by atoms with van der Waals surface area (Å²) in [5.74, 6) is 1.42. The molecule has 2 heterocycles. The van der Waals surface area contributed by atoms with Crippen LogP contribution in [0.4, 0.5) is 11.6 Å². The van der Waals surface area contributed by atoms with Crippen LogP contribution in [0.3, 0.4) is 0 Å². The van der Waals surface area contributed by atoms with E-state index in [0.29, 0.717) is 34.8 Å². The third-order valence-electron chi connectivity index (χ3n) is 6.04. The fourth-order valence-electron chi connectivity index (χ4n) is 4.16. The maximum absolute atomic E-state index is 6.42. The van der Waals surface area contributed by atoms with Crippen molar-refractivity contribution in [3.63, 3.8) is 0 Å². The van der Waals surface area contributed by atoms with Gasteiger partial charge in [-0.05, 0) is 63.5 Å². The molecule has 1 atom stereocenters. The molecule has 3 N–H and O–H groups in total. The zero-order chi connectivity index (χ0) is 21.6. The van der Waals surface area contributed by atoms with Crippen LogP contribution in [0.25, 0.3) is 11.4 Å². The second-order valence-corrected chi connectivity index (χ2v) is 9.27. The Hall–Kier alpha value is -1.96. The van der Waals surface area contributed by atoms with Crippen LogP contribution in [-0.2, 0) is 4.74 Å². The first kappa shape index (κ1) is 22.2. The topological polar surface area (TPSA) is 84.0 Å². The van der Waals surface area contributed by atoms with E-state index < -0.39 is 0 Å². The number of pyridine rings is 1. The molecule has 2 aromatic rings. The normalized spacial score (nSPS) is 22.2. The highest BCUT2D eigenvalue weighted by Crippen LogP contribution is 2.30. The van der Waals surface area contributed by atoms with Gasteiger partial charge in [0.05, 0.1) is 23.5 Å². The predicted octanol–water partition coefficient (Wildman–Crippen LogP) is 4.36. The molecule has 2 fully saturated rings. The largest absolute Gasteiger partial charge is 0.385 e. The number of nitrogens with one attached hydrogen (secondary N) is 3. The summed E-state index contributed by atoms with van der Waals surface area (Å²) in [6.45, 7) is 3.92. The minimum absolute atomic E-state index is 0.365. The van der Waals surface area contributed by atoms with E-state index in [-0.39, 0.29) is 0 Å². The van der Waals surface area contributed by atoms with Crippen LogP contribution in [0.1, 0.15) is 45.4 Å². The first-order valence-electron chi connectivity index (χ1n) is 11.3. The van der Waals surface area contributed by atoms with Crippen LogP contribution in [0.2, 0.25) is 5.02 Å². The lowest BCUT2D eigenvalue weighted by atomic mass is 9.91. The second kappa shape index (κ2) is 10.6. The molecule has 2 aliphatic rings. The zero-order valence-electron chi connectivity index (χ0n) is 18.4. The molecule has 7 nitrogen and oxygen atoms in total. The van der Waals surface area contributed by atoms with Crippen molar-refractivity contribution in [2.24, 2.45) is 5.92 Å². The summed E-state index contributed by atoms with van der Waals surface area (Å²) in [5.41, 5.74) is 2.48. The molecule has 0 bridgehead atoms. The lowest BCUT2D eigenvalue weighted by Crippen LogP contribution is -2.43. The summed E-state index contributed by atoms with van der Waals surface area (Å²) in [6.07, 6.45) is 10.5. The Balaban J connectivity index is 1.35. The summed E-state index contributed by atoms with van der Waals surface area (Å²) in [6, 6.07) is 5.28. The molecule has 2 aromatic heterocycles. The van der Waals surface area contributed by atoms with Crippen LogP contribution in [-0.4, -0.2) is 53.3 Å². The van der Waals surface area contributed by atoms with Crippen LogP contribution >= 0.6 is 11.6 Å². The number of halogens is 1. The van der Waals surface area contributed by atoms with Gasteiger partial charge in [0, 0.05) is 43.7 Å². The zero-order valence-corrected chi connectivity index (χ0v) is 19.2. The average molecular weight is 445 g/mol. The highest BCUT2D eigenvalue weighted by molar-refractivity contribution is 6.32. The van der Waals surface area contributed by atoms with E-state index in [1.165, 1.54) is 12.8 Å². The van der Waals surface area contributed by atoms with Gasteiger partial charge in [-0.3, -0.25) is 4.98 Å². The van der Waals surface area contributed by atoms with Crippen LogP contribution in [0.15, 0.2) is 24.5 Å². The maximum atomic E-state index is 6.42. The maximum Gasteiger partial charge on any atom is 0.223 e. The van der Waals surface area contributed by atoms with Gasteiger partial charge < -0.3 is 20.7 Å². The monoisotopic (exact) mass is 444 g/mol. The molecular formula is C23H33ClN6O. The molecule has 0 aromatic carbocycles. The highest BCUT2D eigenvalue weighted by Gasteiger charge is 2.23. The van der Waals surface area contributed by atoms with E-state index in [1.54, 1.807) is 19.5 Å². The molecule has 168 valence electrons. The number of nitrogens with zero attached hydrogens (tertiary/aromatic N) is 3. The number of methoxy groups -OCH3 is 1. The van der Waals surface area contributed by atoms with E-state index in [0.717, 1.165) is 56.1 Å². The lowest BCUT2D eigenvalue weighted by Gasteiger charge is -2.31. The van der Waals surface area contributed by atoms with Crippen LogP contribution in [0.5, 0.6) is 0 Å². The Labute approximate surface area is 189 Å². The Bertz CT molecular complexity index is 854. The number of ether oxygens (including phenoxy) is 1. The van der Waals surface area contributed by atoms with E-state index in [1.807, 2.05) is 12.1 Å². The number of rotatable bonds is 10. The minimum atomic E-state index is 0.365. The molecule has 0 unspecified atom stereocenters. The van der Waals surface area contributed by atoms with E-state index in [4.69, 9.17) is 21.3 Å². The third kappa shape index (κ3) is 6.51. The number of anilines is 2. The van der Waals surface area contributed by atoms with Gasteiger partial charge in [0.25, 0.3) is 0 Å². The van der Waals surface area contributed by atoms with Crippen LogP contribution in [0, 0.1) is 5.92 Å². The van der Waals surface area contributed by atoms with Crippen molar-refractivity contribution in [2.75, 3.05) is 30.9 Å². The molecule has 0 aliphatic heterocycles. The van der Waals surface area contributed by atoms with Crippen molar-refractivity contribution in [1.29, 1.82) is 0 Å². The lowest BCUT2D eigenvalue weighted by molar-refractivity contribution is 0.161. The quantitative estimate of drug-likeness (QED) is 0.502. The Morgan fingerprint density at radius 1 is 1.13 bits per heavy atom. The smallest absolute Gasteiger partial charge is 0.223 e. The molecule has 8 heteroatoms. The third-order valence-corrected chi connectivity index (χ3v) is 6.31. The van der Waals surface area contributed by atoms with Gasteiger partial charge in [-0.2, -0.15) is 0 Å². The number of hydrogen-bond acceptors (Lipinski definition) is 7. The van der Waals surface area contributed by atoms with Gasteiger partial charge in [-0.25, -0.2) is 9.97 Å². The summed E-state index contributed by atoms with van der Waals surface area (Å²) in [7, 11) is 1.75. The molecule has 31 heavy (non-hydrogen) atoms. The van der Waals surface area contributed by atoms with Gasteiger partial charge >= 0.3 is 0 Å². The first-order chi connectivity index (χ1) is 15.1. The van der Waals surface area contributed by atoms with Crippen molar-refractivity contribution in [3.8, 4) is 11.4 Å². The van der Waals surface area contributed by atoms with Gasteiger partial charge in [0.15, 0.2) is 0 Å². The Morgan fingerprint density at radius 3 is 2.65 bits per heavy atom. The van der Waals surface area contributed by atoms with Gasteiger partial charge in [0.1, 0.15) is 5.69 Å². The summed E-state index contributed by atoms with van der Waals surface area (Å²) < 4.78 is 5.23. The van der Waals surface area contributed by atoms with Crippen molar-refractivity contribution >= 4 is 23.2 Å². The SMILES string of the molecule is COC[C@H](C)NC1CCC(Nc2ncc(Cl)c(-c3cc(NCC4CC4)ccn3)n2)CC1. The average Bonchev–Trinajstić information content (AvgIpc) is 3.60. The Kier molecular flexibility index (Phi) is 7.58. The minimum Gasteiger partial charge on any atom is -0.385 e. The van der Waals surface area contributed by atoms with E-state index >= 15 is 0 Å². The summed E-state index contributed by atoms with van der Waals surface area (Å²) in [4.78, 5) is 13.6. The predicted molar refractivity (Wildman–Crippen MR) is 126 cm³/mol. The molecule has 0 spiro atoms. The van der Waals surface area contributed by atoms with Crippen molar-refractivity contribution in [1.82, 2.24) is 20.3 Å². The van der Waals surface area contributed by atoms with Gasteiger partial charge in [-0.15, -0.1) is 0 Å². The number of hydrogen-bond donors (Lipinski definition) is 3. The van der Waals surface area contributed by atoms with Crippen molar-refractivity contribution in [2.45, 2.75) is 63.6 Å². The van der Waals surface area contributed by atoms with Crippen LogP contribution < -0.4 is 16.0 Å². The Morgan fingerprint density at radius 2 is 1.90 bits per heavy atom. The highest BCUT2D eigenvalue weighted by atomic mass is 35.5. The number of aromatic nitrogens is 3. The fourth-order valence-corrected chi connectivity index (χ4v) is 4.35. The first-order valence-corrected chi connectivity index (χ1v) is 11.7. The van der Waals surface area contributed by atoms with Crippen molar-refractivity contribution in [3.05, 3.63) is 29.5 Å². The molecule has 0 radical (unpaired) electrons. The van der Waals surface area contributed by atoms with E-state index in [2.05, 4.69) is 32.8 Å². The van der Waals surface area contributed by atoms with Gasteiger partial charge in [-0.1, -0.05) is 11.6 Å². The summed E-state index contributed by atoms with van der Waals surface area (Å²) >= 11 is 6.42. The molecule has 0 saturated heterocycles. The molecule has 2 saturated carbocycles.